The molecule has 2 N–H and O–H groups in total. The van der Waals surface area contributed by atoms with E-state index in [1.54, 1.807) is 19.1 Å². The van der Waals surface area contributed by atoms with Crippen LogP contribution < -0.4 is 10.6 Å². The smallest absolute Gasteiger partial charge is 0.412 e. The van der Waals surface area contributed by atoms with Gasteiger partial charge in [0.2, 0.25) is 0 Å². The van der Waals surface area contributed by atoms with Crippen LogP contribution in [-0.4, -0.2) is 48.9 Å². The molecule has 20 heavy (non-hydrogen) atoms. The summed E-state index contributed by atoms with van der Waals surface area (Å²) in [6.45, 7) is 1.98. The lowest BCUT2D eigenvalue weighted by molar-refractivity contribution is 0.168. The highest BCUT2D eigenvalue weighted by Gasteiger charge is 2.27. The highest BCUT2D eigenvalue weighted by Crippen LogP contribution is 2.16. The Morgan fingerprint density at radius 3 is 2.65 bits per heavy atom. The highest BCUT2D eigenvalue weighted by atomic mass is 32.2. The molecule has 1 unspecified atom stereocenters. The zero-order valence-corrected chi connectivity index (χ0v) is 11.8. The molecule has 0 saturated carbocycles. The van der Waals surface area contributed by atoms with Crippen LogP contribution in [0.2, 0.25) is 0 Å². The summed E-state index contributed by atoms with van der Waals surface area (Å²) in [6.07, 6.45) is -0.0308. The average molecular weight is 300 g/mol. The van der Waals surface area contributed by atoms with Crippen molar-refractivity contribution in [2.75, 3.05) is 28.7 Å². The third kappa shape index (κ3) is 4.05. The van der Waals surface area contributed by atoms with Crippen molar-refractivity contribution in [3.63, 3.8) is 0 Å². The fourth-order valence-corrected chi connectivity index (χ4v) is 3.54. The average Bonchev–Trinajstić information content (AvgIpc) is 2.71. The number of carbonyl (C=O) groups excluding carboxylic acids is 1. The summed E-state index contributed by atoms with van der Waals surface area (Å²) in [4.78, 5) is 11.2. The van der Waals surface area contributed by atoms with E-state index in [1.807, 2.05) is 0 Å². The van der Waals surface area contributed by atoms with Crippen LogP contribution in [0.4, 0.5) is 16.4 Å². The number of amides is 1. The van der Waals surface area contributed by atoms with Crippen molar-refractivity contribution in [2.45, 2.75) is 19.4 Å². The topological polar surface area (TPSA) is 110 Å². The first kappa shape index (κ1) is 14.5. The Morgan fingerprint density at radius 2 is 2.10 bits per heavy atom. The molecule has 1 saturated heterocycles. The van der Waals surface area contributed by atoms with Crippen molar-refractivity contribution in [3.05, 3.63) is 12.1 Å². The molecule has 1 aromatic heterocycles. The molecule has 2 rings (SSSR count). The van der Waals surface area contributed by atoms with Crippen LogP contribution in [0.3, 0.4) is 0 Å². The zero-order valence-electron chi connectivity index (χ0n) is 11.0. The van der Waals surface area contributed by atoms with Gasteiger partial charge < -0.3 is 10.1 Å². The van der Waals surface area contributed by atoms with Gasteiger partial charge in [0.05, 0.1) is 18.1 Å². The quantitative estimate of drug-likeness (QED) is 0.839. The lowest BCUT2D eigenvalue weighted by atomic mass is 10.2. The first-order valence-electron chi connectivity index (χ1n) is 6.23. The van der Waals surface area contributed by atoms with E-state index in [2.05, 4.69) is 20.8 Å². The van der Waals surface area contributed by atoms with Gasteiger partial charge >= 0.3 is 6.09 Å². The van der Waals surface area contributed by atoms with E-state index >= 15 is 0 Å². The number of nitrogens with one attached hydrogen (secondary N) is 2. The number of aromatic nitrogens is 2. The number of carbonyl (C=O) groups is 1. The second-order valence-corrected chi connectivity index (χ2v) is 6.62. The maximum absolute atomic E-state index is 11.3. The van der Waals surface area contributed by atoms with Gasteiger partial charge in [0.25, 0.3) is 0 Å². The van der Waals surface area contributed by atoms with Gasteiger partial charge in [0.15, 0.2) is 15.7 Å². The third-order valence-electron chi connectivity index (χ3n) is 2.75. The fraction of sp³-hybridized carbons (Fsp3) is 0.545. The Hall–Kier alpha value is -1.90. The van der Waals surface area contributed by atoms with Crippen LogP contribution in [0.5, 0.6) is 0 Å². The Morgan fingerprint density at radius 1 is 1.40 bits per heavy atom. The summed E-state index contributed by atoms with van der Waals surface area (Å²) in [5.41, 5.74) is 0. The minimum Gasteiger partial charge on any atom is -0.450 e. The Bertz CT molecular complexity index is 573. The van der Waals surface area contributed by atoms with Gasteiger partial charge in [-0.3, -0.25) is 5.32 Å². The first-order valence-corrected chi connectivity index (χ1v) is 8.05. The number of hydrogen-bond donors (Lipinski definition) is 2. The number of anilines is 2. The van der Waals surface area contributed by atoms with E-state index in [0.29, 0.717) is 12.2 Å². The second-order valence-electron chi connectivity index (χ2n) is 4.39. The largest absolute Gasteiger partial charge is 0.450 e. The SMILES string of the molecule is CCOC(=O)Nc1ccc(NC2CCS(=O)(=O)C2)nn1. The lowest BCUT2D eigenvalue weighted by Crippen LogP contribution is -2.21. The molecule has 9 heteroatoms. The summed E-state index contributed by atoms with van der Waals surface area (Å²) in [6, 6.07) is 3.05. The number of nitrogens with zero attached hydrogens (tertiary/aromatic N) is 2. The van der Waals surface area contributed by atoms with E-state index in [-0.39, 0.29) is 30.0 Å². The number of rotatable bonds is 4. The minimum atomic E-state index is -2.93. The molecule has 0 aromatic carbocycles. The number of sulfone groups is 1. The van der Waals surface area contributed by atoms with E-state index in [1.165, 1.54) is 0 Å². The summed E-state index contributed by atoms with van der Waals surface area (Å²) in [7, 11) is -2.93. The zero-order chi connectivity index (χ0) is 14.6. The van der Waals surface area contributed by atoms with Gasteiger partial charge in [0.1, 0.15) is 5.82 Å². The third-order valence-corrected chi connectivity index (χ3v) is 4.52. The van der Waals surface area contributed by atoms with Gasteiger partial charge in [-0.25, -0.2) is 13.2 Å². The molecule has 1 aliphatic heterocycles. The maximum atomic E-state index is 11.3. The van der Waals surface area contributed by atoms with Crippen molar-refractivity contribution in [1.29, 1.82) is 0 Å². The lowest BCUT2D eigenvalue weighted by Gasteiger charge is -2.11. The minimum absolute atomic E-state index is 0.109. The monoisotopic (exact) mass is 300 g/mol. The summed E-state index contributed by atoms with van der Waals surface area (Å²) < 4.78 is 27.4. The van der Waals surface area contributed by atoms with Gasteiger partial charge in [-0.2, -0.15) is 0 Å². The van der Waals surface area contributed by atoms with E-state index in [9.17, 15) is 13.2 Å². The molecule has 0 spiro atoms. The van der Waals surface area contributed by atoms with E-state index < -0.39 is 15.9 Å². The number of hydrogen-bond acceptors (Lipinski definition) is 7. The van der Waals surface area contributed by atoms with Crippen molar-refractivity contribution in [3.8, 4) is 0 Å². The number of ether oxygens (including phenoxy) is 1. The summed E-state index contributed by atoms with van der Waals surface area (Å²) in [5.74, 6) is 1.05. The summed E-state index contributed by atoms with van der Waals surface area (Å²) >= 11 is 0. The molecule has 0 radical (unpaired) electrons. The predicted octanol–water partition coefficient (Wildman–Crippen LogP) is 0.644. The van der Waals surface area contributed by atoms with Crippen molar-refractivity contribution in [1.82, 2.24) is 10.2 Å². The van der Waals surface area contributed by atoms with Crippen LogP contribution in [0.15, 0.2) is 12.1 Å². The van der Waals surface area contributed by atoms with Crippen LogP contribution in [0, 0.1) is 0 Å². The van der Waals surface area contributed by atoms with Gasteiger partial charge in [0, 0.05) is 6.04 Å². The Balaban J connectivity index is 1.90. The molecule has 110 valence electrons. The van der Waals surface area contributed by atoms with Crippen molar-refractivity contribution in [2.24, 2.45) is 0 Å². The van der Waals surface area contributed by atoms with Crippen molar-refractivity contribution < 1.29 is 17.9 Å². The van der Waals surface area contributed by atoms with Crippen molar-refractivity contribution >= 4 is 27.6 Å². The molecular weight excluding hydrogens is 284 g/mol. The molecular formula is C11H16N4O4S. The van der Waals surface area contributed by atoms with Gasteiger partial charge in [-0.15, -0.1) is 10.2 Å². The molecule has 2 heterocycles. The van der Waals surface area contributed by atoms with Crippen LogP contribution in [0.25, 0.3) is 0 Å². The van der Waals surface area contributed by atoms with E-state index in [4.69, 9.17) is 4.74 Å². The normalized spacial score (nSPS) is 20.4. The van der Waals surface area contributed by atoms with Crippen LogP contribution in [-0.2, 0) is 14.6 Å². The molecule has 0 aliphatic carbocycles. The molecule has 0 bridgehead atoms. The van der Waals surface area contributed by atoms with Gasteiger partial charge in [-0.1, -0.05) is 0 Å². The van der Waals surface area contributed by atoms with Crippen LogP contribution in [0.1, 0.15) is 13.3 Å². The fourth-order valence-electron chi connectivity index (χ4n) is 1.87. The second kappa shape index (κ2) is 6.04. The Labute approximate surface area is 116 Å². The van der Waals surface area contributed by atoms with Crippen LogP contribution >= 0.6 is 0 Å². The Kier molecular flexibility index (Phi) is 4.38. The predicted molar refractivity (Wildman–Crippen MR) is 73.4 cm³/mol. The maximum Gasteiger partial charge on any atom is 0.412 e. The first-order chi connectivity index (χ1) is 9.48. The van der Waals surface area contributed by atoms with Gasteiger partial charge in [-0.05, 0) is 25.5 Å². The molecule has 1 aliphatic rings. The van der Waals surface area contributed by atoms with E-state index in [0.717, 1.165) is 0 Å². The summed E-state index contributed by atoms with van der Waals surface area (Å²) in [5, 5.41) is 13.1. The standard InChI is InChI=1S/C11H16N4O4S/c1-2-19-11(16)13-10-4-3-9(14-15-10)12-8-5-6-20(17,18)7-8/h3-4,8H,2,5-7H2,1H3,(H,12,14)(H,13,15,16). The molecule has 1 fully saturated rings. The molecule has 1 amide bonds. The highest BCUT2D eigenvalue weighted by molar-refractivity contribution is 7.91. The molecule has 1 aromatic rings. The molecule has 8 nitrogen and oxygen atoms in total. The molecule has 1 atom stereocenters.